The van der Waals surface area contributed by atoms with E-state index in [1.807, 2.05) is 42.5 Å². The number of likely N-dealkylation sites (N-methyl/N-ethyl adjacent to an activating group) is 1. The van der Waals surface area contributed by atoms with E-state index >= 15 is 0 Å². The normalized spacial score (nSPS) is 18.2. The summed E-state index contributed by atoms with van der Waals surface area (Å²) in [6, 6.07) is 14.8. The number of ether oxygens (including phenoxy) is 1. The number of Topliss-reactive ketones (excluding diaryl/α,β-unsaturated/α-hetero) is 1. The van der Waals surface area contributed by atoms with Crippen molar-refractivity contribution in [1.82, 2.24) is 19.7 Å². The molecule has 9 heteroatoms. The third kappa shape index (κ3) is 4.37. The first kappa shape index (κ1) is 23.3. The van der Waals surface area contributed by atoms with E-state index in [-0.39, 0.29) is 17.4 Å². The van der Waals surface area contributed by atoms with Crippen molar-refractivity contribution in [3.63, 3.8) is 0 Å². The molecule has 33 heavy (non-hydrogen) atoms. The Labute approximate surface area is 202 Å². The highest BCUT2D eigenvalue weighted by atomic mass is 35.5. The molecule has 1 saturated carbocycles. The number of carbonyl (C=O) groups excluding carboxylic acids is 2. The number of methoxy groups -OCH3 is 1. The average molecular weight is 485 g/mol. The van der Waals surface area contributed by atoms with Gasteiger partial charge in [-0.05, 0) is 37.5 Å². The first-order chi connectivity index (χ1) is 16.0. The van der Waals surface area contributed by atoms with Crippen molar-refractivity contribution in [2.24, 2.45) is 0 Å². The molecule has 1 aromatic heterocycles. The Hall–Kier alpha value is -2.84. The lowest BCUT2D eigenvalue weighted by atomic mass is 9.74. The van der Waals surface area contributed by atoms with Crippen LogP contribution in [0.3, 0.4) is 0 Å². The molecule has 1 aliphatic carbocycles. The third-order valence-electron chi connectivity index (χ3n) is 6.11. The average Bonchev–Trinajstić information content (AvgIpc) is 3.31. The second kappa shape index (κ2) is 9.97. The number of carbonyl (C=O) groups is 2. The number of nitrogens with zero attached hydrogens (tertiary/aromatic N) is 4. The van der Waals surface area contributed by atoms with Gasteiger partial charge in [0.25, 0.3) is 0 Å². The lowest BCUT2D eigenvalue weighted by Gasteiger charge is -2.44. The van der Waals surface area contributed by atoms with Gasteiger partial charge in [0.2, 0.25) is 5.91 Å². The fourth-order valence-electron chi connectivity index (χ4n) is 4.38. The number of hydrogen-bond donors (Lipinski definition) is 0. The molecular formula is C24H25ClN4O3S. The van der Waals surface area contributed by atoms with E-state index in [9.17, 15) is 9.59 Å². The van der Waals surface area contributed by atoms with E-state index in [2.05, 4.69) is 10.2 Å². The van der Waals surface area contributed by atoms with Gasteiger partial charge in [0.15, 0.2) is 10.9 Å². The Morgan fingerprint density at radius 3 is 2.73 bits per heavy atom. The molecule has 0 N–H and O–H groups in total. The number of amides is 1. The van der Waals surface area contributed by atoms with Crippen LogP contribution in [0.25, 0.3) is 5.69 Å². The number of rotatable bonds is 7. The first-order valence-corrected chi connectivity index (χ1v) is 12.1. The van der Waals surface area contributed by atoms with Crippen molar-refractivity contribution < 1.29 is 14.3 Å². The first-order valence-electron chi connectivity index (χ1n) is 10.7. The largest absolute Gasteiger partial charge is 0.495 e. The number of para-hydroxylation sites is 2. The Bertz CT molecular complexity index is 1170. The maximum absolute atomic E-state index is 13.4. The number of hydrogen-bond acceptors (Lipinski definition) is 6. The smallest absolute Gasteiger partial charge is 0.233 e. The maximum Gasteiger partial charge on any atom is 0.233 e. The fourth-order valence-corrected chi connectivity index (χ4v) is 5.51. The molecule has 0 aliphatic heterocycles. The molecule has 3 aromatic rings. The summed E-state index contributed by atoms with van der Waals surface area (Å²) < 4.78 is 7.23. The molecule has 172 valence electrons. The zero-order valence-corrected chi connectivity index (χ0v) is 20.1. The van der Waals surface area contributed by atoms with Crippen molar-refractivity contribution in [2.45, 2.75) is 36.4 Å². The van der Waals surface area contributed by atoms with Crippen LogP contribution in [0.1, 0.15) is 31.2 Å². The van der Waals surface area contributed by atoms with Crippen LogP contribution >= 0.6 is 23.4 Å². The van der Waals surface area contributed by atoms with Gasteiger partial charge < -0.3 is 9.64 Å². The predicted octanol–water partition coefficient (Wildman–Crippen LogP) is 4.52. The van der Waals surface area contributed by atoms with E-state index in [0.717, 1.165) is 18.5 Å². The zero-order chi connectivity index (χ0) is 23.4. The molecule has 0 radical (unpaired) electrons. The summed E-state index contributed by atoms with van der Waals surface area (Å²) in [5, 5.41) is 9.24. The van der Waals surface area contributed by atoms with E-state index < -0.39 is 5.54 Å². The summed E-state index contributed by atoms with van der Waals surface area (Å²) >= 11 is 7.77. The second-order valence-corrected chi connectivity index (χ2v) is 9.22. The minimum absolute atomic E-state index is 0.0277. The summed E-state index contributed by atoms with van der Waals surface area (Å²) in [6.07, 6.45) is 4.25. The third-order valence-corrected chi connectivity index (χ3v) is 7.36. The van der Waals surface area contributed by atoms with Gasteiger partial charge in [-0.15, -0.1) is 10.2 Å². The van der Waals surface area contributed by atoms with Crippen molar-refractivity contribution in [2.75, 3.05) is 19.9 Å². The minimum Gasteiger partial charge on any atom is -0.495 e. The van der Waals surface area contributed by atoms with Gasteiger partial charge in [0, 0.05) is 24.1 Å². The minimum atomic E-state index is -1.05. The van der Waals surface area contributed by atoms with Crippen molar-refractivity contribution in [3.05, 3.63) is 65.4 Å². The van der Waals surface area contributed by atoms with Gasteiger partial charge in [0.1, 0.15) is 17.6 Å². The van der Waals surface area contributed by atoms with E-state index in [0.29, 0.717) is 34.3 Å². The maximum atomic E-state index is 13.4. The van der Waals surface area contributed by atoms with Crippen molar-refractivity contribution >= 4 is 35.1 Å². The fraction of sp³-hybridized carbons (Fsp3) is 0.333. The molecule has 1 unspecified atom stereocenters. The molecule has 0 saturated heterocycles. The van der Waals surface area contributed by atoms with Gasteiger partial charge in [-0.3, -0.25) is 14.2 Å². The molecule has 1 amide bonds. The monoisotopic (exact) mass is 484 g/mol. The Morgan fingerprint density at radius 2 is 1.97 bits per heavy atom. The van der Waals surface area contributed by atoms with Crippen LogP contribution in [0, 0.1) is 0 Å². The van der Waals surface area contributed by atoms with Crippen LogP contribution < -0.4 is 4.74 Å². The summed E-state index contributed by atoms with van der Waals surface area (Å²) in [7, 11) is 3.30. The number of ketones is 1. The molecule has 1 fully saturated rings. The number of thioether (sulfide) groups is 1. The van der Waals surface area contributed by atoms with Crippen molar-refractivity contribution in [3.8, 4) is 11.4 Å². The highest BCUT2D eigenvalue weighted by molar-refractivity contribution is 7.99. The summed E-state index contributed by atoms with van der Waals surface area (Å²) in [5.74, 6) is 0.627. The van der Waals surface area contributed by atoms with E-state index in [1.54, 1.807) is 36.0 Å². The molecular weight excluding hydrogens is 460 g/mol. The molecule has 2 aromatic carbocycles. The molecule has 1 aliphatic rings. The van der Waals surface area contributed by atoms with Gasteiger partial charge in [-0.2, -0.15) is 0 Å². The summed E-state index contributed by atoms with van der Waals surface area (Å²) in [4.78, 5) is 28.2. The molecule has 7 nitrogen and oxygen atoms in total. The highest BCUT2D eigenvalue weighted by Gasteiger charge is 2.47. The lowest BCUT2D eigenvalue weighted by Crippen LogP contribution is -2.54. The van der Waals surface area contributed by atoms with Crippen LogP contribution in [-0.2, 0) is 15.1 Å². The topological polar surface area (TPSA) is 77.3 Å². The number of halogens is 1. The van der Waals surface area contributed by atoms with E-state index in [4.69, 9.17) is 16.3 Å². The van der Waals surface area contributed by atoms with Crippen molar-refractivity contribution in [1.29, 1.82) is 0 Å². The van der Waals surface area contributed by atoms with Crippen LogP contribution in [0.15, 0.2) is 60.0 Å². The zero-order valence-electron chi connectivity index (χ0n) is 18.5. The van der Waals surface area contributed by atoms with E-state index in [1.165, 1.54) is 11.8 Å². The van der Waals surface area contributed by atoms with Crippen LogP contribution in [-0.4, -0.2) is 51.3 Å². The SMILES string of the molecule is COc1ccccc1-n1cnnc1SCC(=O)N(C)C1(c2ccccc2Cl)CCCCC1=O. The Balaban J connectivity index is 1.58. The summed E-state index contributed by atoms with van der Waals surface area (Å²) in [5.41, 5.74) is 0.419. The molecule has 1 atom stereocenters. The number of benzene rings is 2. The second-order valence-electron chi connectivity index (χ2n) is 7.87. The van der Waals surface area contributed by atoms with Gasteiger partial charge in [-0.1, -0.05) is 53.7 Å². The summed E-state index contributed by atoms with van der Waals surface area (Å²) in [6.45, 7) is 0. The van der Waals surface area contributed by atoms with Crippen LogP contribution in [0.2, 0.25) is 5.02 Å². The predicted molar refractivity (Wildman–Crippen MR) is 128 cm³/mol. The molecule has 0 bridgehead atoms. The Kier molecular flexibility index (Phi) is 7.05. The van der Waals surface area contributed by atoms with Gasteiger partial charge in [-0.25, -0.2) is 0 Å². The number of aromatic nitrogens is 3. The molecule has 1 heterocycles. The Morgan fingerprint density at radius 1 is 1.21 bits per heavy atom. The van der Waals surface area contributed by atoms with Gasteiger partial charge >= 0.3 is 0 Å². The highest BCUT2D eigenvalue weighted by Crippen LogP contribution is 2.42. The lowest BCUT2D eigenvalue weighted by molar-refractivity contribution is -0.146. The van der Waals surface area contributed by atoms with Crippen LogP contribution in [0.5, 0.6) is 5.75 Å². The molecule has 0 spiro atoms. The quantitative estimate of drug-likeness (QED) is 0.459. The standard InChI is InChI=1S/C24H25ClN4O3S/c1-28(24(14-8-7-13-21(24)30)17-9-3-4-10-18(17)25)22(31)15-33-23-27-26-16-29(23)19-11-5-6-12-20(19)32-2/h3-6,9-12,16H,7-8,13-15H2,1-2H3. The van der Waals surface area contributed by atoms with Gasteiger partial charge in [0.05, 0.1) is 18.6 Å². The molecule has 4 rings (SSSR count). The van der Waals surface area contributed by atoms with Crippen LogP contribution in [0.4, 0.5) is 0 Å².